The van der Waals surface area contributed by atoms with Gasteiger partial charge >= 0.3 is 6.16 Å². The van der Waals surface area contributed by atoms with Crippen LogP contribution in [0.3, 0.4) is 0 Å². The number of rotatable bonds is 2. The lowest BCUT2D eigenvalue weighted by Gasteiger charge is -2.06. The monoisotopic (exact) mass is 144 g/mol. The molecule has 1 saturated carbocycles. The van der Waals surface area contributed by atoms with E-state index in [0.29, 0.717) is 0 Å². The minimum Gasteiger partial charge on any atom is -0.432 e. The lowest BCUT2D eigenvalue weighted by atomic mass is 10.5. The molecule has 0 atom stereocenters. The Labute approximate surface area is 60.3 Å². The molecular formula is C7H12O3. The predicted molar refractivity (Wildman–Crippen MR) is 35.7 cm³/mol. The average Bonchev–Trinajstić information content (AvgIpc) is 2.46. The zero-order valence-electron chi connectivity index (χ0n) is 6.29. The van der Waals surface area contributed by atoms with Crippen LogP contribution in [-0.2, 0) is 9.47 Å². The van der Waals surface area contributed by atoms with Crippen LogP contribution >= 0.6 is 0 Å². The van der Waals surface area contributed by atoms with Crippen LogP contribution in [0.2, 0.25) is 0 Å². The summed E-state index contributed by atoms with van der Waals surface area (Å²) in [4.78, 5) is 10.7. The minimum atomic E-state index is -0.530. The standard InChI is InChI=1S/C7H12O3/c1-5(2)9-7(8)10-6-3-4-6/h5-6H,3-4H2,1-2H3. The van der Waals surface area contributed by atoms with Gasteiger partial charge in [-0.1, -0.05) is 0 Å². The van der Waals surface area contributed by atoms with Crippen LogP contribution in [0.5, 0.6) is 0 Å². The van der Waals surface area contributed by atoms with Gasteiger partial charge in [-0.3, -0.25) is 0 Å². The van der Waals surface area contributed by atoms with Crippen molar-refractivity contribution in [3.05, 3.63) is 0 Å². The van der Waals surface area contributed by atoms with E-state index in [-0.39, 0.29) is 12.2 Å². The molecular weight excluding hydrogens is 132 g/mol. The second-order valence-electron chi connectivity index (χ2n) is 2.73. The smallest absolute Gasteiger partial charge is 0.432 e. The maximum Gasteiger partial charge on any atom is 0.508 e. The zero-order valence-corrected chi connectivity index (χ0v) is 6.29. The molecule has 1 aliphatic carbocycles. The number of hydrogen-bond donors (Lipinski definition) is 0. The highest BCUT2D eigenvalue weighted by Crippen LogP contribution is 2.23. The van der Waals surface area contributed by atoms with Crippen LogP contribution < -0.4 is 0 Å². The summed E-state index contributed by atoms with van der Waals surface area (Å²) in [7, 11) is 0. The van der Waals surface area contributed by atoms with Crippen molar-refractivity contribution in [2.24, 2.45) is 0 Å². The van der Waals surface area contributed by atoms with E-state index < -0.39 is 6.16 Å². The maximum atomic E-state index is 10.7. The van der Waals surface area contributed by atoms with Crippen molar-refractivity contribution < 1.29 is 14.3 Å². The predicted octanol–water partition coefficient (Wildman–Crippen LogP) is 1.71. The van der Waals surface area contributed by atoms with Crippen LogP contribution in [0.25, 0.3) is 0 Å². The van der Waals surface area contributed by atoms with Crippen molar-refractivity contribution >= 4 is 6.16 Å². The molecule has 10 heavy (non-hydrogen) atoms. The Kier molecular flexibility index (Phi) is 2.14. The summed E-state index contributed by atoms with van der Waals surface area (Å²) in [6, 6.07) is 0. The summed E-state index contributed by atoms with van der Waals surface area (Å²) in [6.07, 6.45) is 1.52. The van der Waals surface area contributed by atoms with Crippen molar-refractivity contribution in [2.75, 3.05) is 0 Å². The first-order valence-electron chi connectivity index (χ1n) is 3.55. The van der Waals surface area contributed by atoms with E-state index in [9.17, 15) is 4.79 Å². The molecule has 0 unspecified atom stereocenters. The summed E-state index contributed by atoms with van der Waals surface area (Å²) in [5, 5.41) is 0. The van der Waals surface area contributed by atoms with Gasteiger partial charge in [0.05, 0.1) is 6.10 Å². The molecule has 0 N–H and O–H groups in total. The molecule has 0 heterocycles. The molecule has 0 aromatic carbocycles. The first kappa shape index (κ1) is 7.38. The van der Waals surface area contributed by atoms with Crippen LogP contribution in [0.1, 0.15) is 26.7 Å². The molecule has 3 heteroatoms. The second-order valence-corrected chi connectivity index (χ2v) is 2.73. The molecule has 0 bridgehead atoms. The molecule has 0 amide bonds. The lowest BCUT2D eigenvalue weighted by Crippen LogP contribution is -2.13. The van der Waals surface area contributed by atoms with Crippen molar-refractivity contribution in [2.45, 2.75) is 38.9 Å². The Bertz CT molecular complexity index is 121. The third-order valence-corrected chi connectivity index (χ3v) is 1.12. The SMILES string of the molecule is CC(C)OC(=O)OC1CC1. The molecule has 0 saturated heterocycles. The van der Waals surface area contributed by atoms with Gasteiger partial charge in [-0.2, -0.15) is 0 Å². The Hall–Kier alpha value is -0.730. The summed E-state index contributed by atoms with van der Waals surface area (Å²) in [6.45, 7) is 3.60. The fraction of sp³-hybridized carbons (Fsp3) is 0.857. The summed E-state index contributed by atoms with van der Waals surface area (Å²) in [5.74, 6) is 0. The van der Waals surface area contributed by atoms with E-state index in [2.05, 4.69) is 0 Å². The van der Waals surface area contributed by atoms with Gasteiger partial charge in [0.25, 0.3) is 0 Å². The number of ether oxygens (including phenoxy) is 2. The molecule has 0 spiro atoms. The Balaban J connectivity index is 2.08. The summed E-state index contributed by atoms with van der Waals surface area (Å²) < 4.78 is 9.55. The number of carbonyl (C=O) groups is 1. The quantitative estimate of drug-likeness (QED) is 0.553. The minimum absolute atomic E-state index is 0.0775. The third kappa shape index (κ3) is 2.71. The van der Waals surface area contributed by atoms with Gasteiger partial charge in [0.2, 0.25) is 0 Å². The number of carbonyl (C=O) groups excluding carboxylic acids is 1. The fourth-order valence-corrected chi connectivity index (χ4v) is 0.542. The van der Waals surface area contributed by atoms with E-state index in [1.54, 1.807) is 13.8 Å². The second kappa shape index (κ2) is 2.90. The van der Waals surface area contributed by atoms with Crippen LogP contribution in [0.4, 0.5) is 4.79 Å². The Morgan fingerprint density at radius 2 is 2.10 bits per heavy atom. The van der Waals surface area contributed by atoms with Gasteiger partial charge in [-0.25, -0.2) is 4.79 Å². The molecule has 1 fully saturated rings. The maximum absolute atomic E-state index is 10.7. The normalized spacial score (nSPS) is 17.1. The van der Waals surface area contributed by atoms with Gasteiger partial charge in [0, 0.05) is 0 Å². The Morgan fingerprint density at radius 1 is 1.50 bits per heavy atom. The topological polar surface area (TPSA) is 35.5 Å². The molecule has 0 aromatic heterocycles. The zero-order chi connectivity index (χ0) is 7.56. The van der Waals surface area contributed by atoms with Gasteiger partial charge in [-0.05, 0) is 26.7 Å². The molecule has 0 aliphatic heterocycles. The molecule has 0 aromatic rings. The highest BCUT2D eigenvalue weighted by atomic mass is 16.7. The Morgan fingerprint density at radius 3 is 2.50 bits per heavy atom. The summed E-state index contributed by atoms with van der Waals surface area (Å²) in [5.41, 5.74) is 0. The molecule has 1 rings (SSSR count). The van der Waals surface area contributed by atoms with E-state index in [0.717, 1.165) is 12.8 Å². The van der Waals surface area contributed by atoms with Gasteiger partial charge in [0.1, 0.15) is 6.10 Å². The first-order valence-corrected chi connectivity index (χ1v) is 3.55. The largest absolute Gasteiger partial charge is 0.508 e. The van der Waals surface area contributed by atoms with E-state index in [1.165, 1.54) is 0 Å². The number of hydrogen-bond acceptors (Lipinski definition) is 3. The molecule has 3 nitrogen and oxygen atoms in total. The van der Waals surface area contributed by atoms with Crippen molar-refractivity contribution in [1.29, 1.82) is 0 Å². The van der Waals surface area contributed by atoms with Crippen LogP contribution in [-0.4, -0.2) is 18.4 Å². The van der Waals surface area contributed by atoms with Gasteiger partial charge in [0.15, 0.2) is 0 Å². The van der Waals surface area contributed by atoms with Crippen molar-refractivity contribution in [3.8, 4) is 0 Å². The van der Waals surface area contributed by atoms with Crippen molar-refractivity contribution in [3.63, 3.8) is 0 Å². The van der Waals surface area contributed by atoms with Crippen LogP contribution in [0.15, 0.2) is 0 Å². The summed E-state index contributed by atoms with van der Waals surface area (Å²) >= 11 is 0. The highest BCUT2D eigenvalue weighted by Gasteiger charge is 2.26. The average molecular weight is 144 g/mol. The van der Waals surface area contributed by atoms with E-state index in [1.807, 2.05) is 0 Å². The fourth-order valence-electron chi connectivity index (χ4n) is 0.542. The first-order chi connectivity index (χ1) is 4.68. The van der Waals surface area contributed by atoms with Gasteiger partial charge in [-0.15, -0.1) is 0 Å². The van der Waals surface area contributed by atoms with E-state index in [4.69, 9.17) is 9.47 Å². The van der Waals surface area contributed by atoms with Gasteiger partial charge < -0.3 is 9.47 Å². The van der Waals surface area contributed by atoms with Crippen molar-refractivity contribution in [1.82, 2.24) is 0 Å². The highest BCUT2D eigenvalue weighted by molar-refractivity contribution is 5.60. The van der Waals surface area contributed by atoms with Crippen LogP contribution in [0, 0.1) is 0 Å². The van der Waals surface area contributed by atoms with E-state index >= 15 is 0 Å². The third-order valence-electron chi connectivity index (χ3n) is 1.12. The molecule has 0 radical (unpaired) electrons. The molecule has 1 aliphatic rings. The molecule has 58 valence electrons. The lowest BCUT2D eigenvalue weighted by molar-refractivity contribution is 0.0298.